The van der Waals surface area contributed by atoms with Crippen molar-refractivity contribution in [1.29, 1.82) is 0 Å². The molecule has 0 aliphatic carbocycles. The van der Waals surface area contributed by atoms with Crippen molar-refractivity contribution in [3.63, 3.8) is 0 Å². The molecule has 0 unspecified atom stereocenters. The van der Waals surface area contributed by atoms with Gasteiger partial charge in [0.2, 0.25) is 4.77 Å². The molecule has 0 aliphatic rings. The van der Waals surface area contributed by atoms with Crippen LogP contribution in [0.15, 0.2) is 26.2 Å². The SMILES string of the molecule is CCCc1n[nH]c(=S)n1/N=C\c1cc(Br)cc(Br)c1OC. The Morgan fingerprint density at radius 2 is 2.24 bits per heavy atom. The molecule has 0 saturated heterocycles. The van der Waals surface area contributed by atoms with Crippen molar-refractivity contribution in [1.82, 2.24) is 14.9 Å². The summed E-state index contributed by atoms with van der Waals surface area (Å²) in [6, 6.07) is 3.85. The molecule has 0 fully saturated rings. The number of rotatable bonds is 5. The van der Waals surface area contributed by atoms with Gasteiger partial charge in [0.05, 0.1) is 17.8 Å². The number of aryl methyl sites for hydroxylation is 1. The minimum atomic E-state index is 0.475. The number of halogens is 2. The number of nitrogens with one attached hydrogen (secondary N) is 1. The van der Waals surface area contributed by atoms with Crippen LogP contribution >= 0.6 is 44.1 Å². The number of hydrogen-bond donors (Lipinski definition) is 1. The molecule has 0 saturated carbocycles. The van der Waals surface area contributed by atoms with Gasteiger partial charge in [0.25, 0.3) is 0 Å². The minimum Gasteiger partial charge on any atom is -0.495 e. The molecule has 0 radical (unpaired) electrons. The Balaban J connectivity index is 2.42. The van der Waals surface area contributed by atoms with E-state index in [1.807, 2.05) is 12.1 Å². The lowest BCUT2D eigenvalue weighted by atomic mass is 10.2. The first kappa shape index (κ1) is 16.4. The van der Waals surface area contributed by atoms with Gasteiger partial charge < -0.3 is 4.74 Å². The van der Waals surface area contributed by atoms with Crippen LogP contribution in [0.5, 0.6) is 5.75 Å². The summed E-state index contributed by atoms with van der Waals surface area (Å²) in [7, 11) is 1.62. The zero-order chi connectivity index (χ0) is 15.4. The van der Waals surface area contributed by atoms with E-state index in [4.69, 9.17) is 17.0 Å². The van der Waals surface area contributed by atoms with E-state index < -0.39 is 0 Å². The third kappa shape index (κ3) is 3.81. The van der Waals surface area contributed by atoms with Crippen LogP contribution < -0.4 is 4.74 Å². The van der Waals surface area contributed by atoms with Crippen LogP contribution in [0.3, 0.4) is 0 Å². The van der Waals surface area contributed by atoms with Gasteiger partial charge >= 0.3 is 0 Å². The summed E-state index contributed by atoms with van der Waals surface area (Å²) in [5, 5.41) is 11.4. The summed E-state index contributed by atoms with van der Waals surface area (Å²) >= 11 is 12.1. The van der Waals surface area contributed by atoms with Crippen molar-refractivity contribution < 1.29 is 4.74 Å². The van der Waals surface area contributed by atoms with Gasteiger partial charge in [-0.05, 0) is 46.7 Å². The van der Waals surface area contributed by atoms with E-state index in [0.717, 1.165) is 33.2 Å². The van der Waals surface area contributed by atoms with E-state index in [-0.39, 0.29) is 0 Å². The second-order valence-corrected chi connectivity index (χ2v) is 6.42. The number of aromatic amines is 1. The lowest BCUT2D eigenvalue weighted by Crippen LogP contribution is -2.00. The summed E-state index contributed by atoms with van der Waals surface area (Å²) in [5.74, 6) is 1.53. The highest BCUT2D eigenvalue weighted by molar-refractivity contribution is 9.11. The third-order valence-corrected chi connectivity index (χ3v) is 4.06. The Hall–Kier alpha value is -0.990. The minimum absolute atomic E-state index is 0.475. The molecular weight excluding hydrogens is 420 g/mol. The molecule has 0 aliphatic heterocycles. The molecule has 8 heteroatoms. The van der Waals surface area contributed by atoms with Gasteiger partial charge in [-0.3, -0.25) is 5.10 Å². The first-order valence-electron chi connectivity index (χ1n) is 6.30. The van der Waals surface area contributed by atoms with Gasteiger partial charge in [-0.25, -0.2) is 0 Å². The topological polar surface area (TPSA) is 55.2 Å². The standard InChI is InChI=1S/C13H14Br2N4OS/c1-3-4-11-17-18-13(21)19(11)16-7-8-5-9(14)6-10(15)12(8)20-2/h5-7H,3-4H2,1-2H3,(H,18,21)/b16-7-. The Labute approximate surface area is 144 Å². The number of nitrogens with zero attached hydrogens (tertiary/aromatic N) is 3. The van der Waals surface area contributed by atoms with Crippen LogP contribution in [0.4, 0.5) is 0 Å². The van der Waals surface area contributed by atoms with Gasteiger partial charge in [-0.2, -0.15) is 14.9 Å². The van der Waals surface area contributed by atoms with Gasteiger partial charge in [-0.15, -0.1) is 0 Å². The fraction of sp³-hybridized carbons (Fsp3) is 0.308. The number of aromatic nitrogens is 3. The molecule has 1 aromatic carbocycles. The van der Waals surface area contributed by atoms with E-state index >= 15 is 0 Å². The molecule has 0 bridgehead atoms. The summed E-state index contributed by atoms with van der Waals surface area (Å²) in [4.78, 5) is 0. The van der Waals surface area contributed by atoms with E-state index in [2.05, 4.69) is 54.1 Å². The van der Waals surface area contributed by atoms with E-state index in [1.165, 1.54) is 0 Å². The highest BCUT2D eigenvalue weighted by Gasteiger charge is 2.08. The van der Waals surface area contributed by atoms with Crippen LogP contribution in [0.25, 0.3) is 0 Å². The average Bonchev–Trinajstić information content (AvgIpc) is 2.77. The smallest absolute Gasteiger partial charge is 0.216 e. The summed E-state index contributed by atoms with van der Waals surface area (Å²) in [5.41, 5.74) is 0.837. The fourth-order valence-electron chi connectivity index (χ4n) is 1.84. The molecule has 2 rings (SSSR count). The molecule has 1 heterocycles. The number of ether oxygens (including phenoxy) is 1. The van der Waals surface area contributed by atoms with E-state index in [0.29, 0.717) is 10.5 Å². The van der Waals surface area contributed by atoms with E-state index in [9.17, 15) is 0 Å². The molecule has 5 nitrogen and oxygen atoms in total. The molecule has 0 amide bonds. The number of hydrogen-bond acceptors (Lipinski definition) is 4. The summed E-state index contributed by atoms with van der Waals surface area (Å²) in [6.07, 6.45) is 3.49. The van der Waals surface area contributed by atoms with Crippen molar-refractivity contribution in [3.05, 3.63) is 37.2 Å². The first-order chi connectivity index (χ1) is 10.1. The highest BCUT2D eigenvalue weighted by Crippen LogP contribution is 2.31. The number of methoxy groups -OCH3 is 1. The molecule has 21 heavy (non-hydrogen) atoms. The van der Waals surface area contributed by atoms with Crippen molar-refractivity contribution >= 4 is 50.3 Å². The van der Waals surface area contributed by atoms with Gasteiger partial charge in [-0.1, -0.05) is 22.9 Å². The predicted molar refractivity (Wildman–Crippen MR) is 92.8 cm³/mol. The average molecular weight is 434 g/mol. The largest absolute Gasteiger partial charge is 0.495 e. The van der Waals surface area contributed by atoms with Crippen LogP contribution in [0, 0.1) is 4.77 Å². The van der Waals surface area contributed by atoms with Gasteiger partial charge in [0.15, 0.2) is 5.82 Å². The fourth-order valence-corrected chi connectivity index (χ4v) is 3.46. The molecule has 0 atom stereocenters. The van der Waals surface area contributed by atoms with Crippen LogP contribution in [-0.4, -0.2) is 28.2 Å². The van der Waals surface area contributed by atoms with Crippen molar-refractivity contribution in [2.75, 3.05) is 7.11 Å². The zero-order valence-corrected chi connectivity index (χ0v) is 15.5. The molecule has 1 N–H and O–H groups in total. The maximum absolute atomic E-state index is 5.39. The molecule has 2 aromatic rings. The molecular formula is C13H14Br2N4OS. The van der Waals surface area contributed by atoms with Crippen molar-refractivity contribution in [2.45, 2.75) is 19.8 Å². The number of benzene rings is 1. The first-order valence-corrected chi connectivity index (χ1v) is 8.30. The Morgan fingerprint density at radius 3 is 2.90 bits per heavy atom. The normalized spacial score (nSPS) is 11.2. The summed E-state index contributed by atoms with van der Waals surface area (Å²) < 4.78 is 9.28. The maximum atomic E-state index is 5.39. The van der Waals surface area contributed by atoms with Gasteiger partial charge in [0, 0.05) is 16.5 Å². The zero-order valence-electron chi connectivity index (χ0n) is 11.6. The van der Waals surface area contributed by atoms with Gasteiger partial charge in [0.1, 0.15) is 5.75 Å². The van der Waals surface area contributed by atoms with Crippen LogP contribution in [0.1, 0.15) is 24.7 Å². The third-order valence-electron chi connectivity index (χ3n) is 2.74. The predicted octanol–water partition coefficient (Wildman–Crippen LogP) is 4.31. The second kappa shape index (κ2) is 7.33. The van der Waals surface area contributed by atoms with Crippen molar-refractivity contribution in [2.24, 2.45) is 5.10 Å². The second-order valence-electron chi connectivity index (χ2n) is 4.26. The highest BCUT2D eigenvalue weighted by atomic mass is 79.9. The monoisotopic (exact) mass is 432 g/mol. The molecule has 112 valence electrons. The number of H-pyrrole nitrogens is 1. The quantitative estimate of drug-likeness (QED) is 0.564. The van der Waals surface area contributed by atoms with E-state index in [1.54, 1.807) is 18.0 Å². The lowest BCUT2D eigenvalue weighted by molar-refractivity contribution is 0.411. The van der Waals surface area contributed by atoms with Crippen molar-refractivity contribution in [3.8, 4) is 5.75 Å². The lowest BCUT2D eigenvalue weighted by Gasteiger charge is -2.08. The summed E-state index contributed by atoms with van der Waals surface area (Å²) in [6.45, 7) is 2.08. The molecule has 1 aromatic heterocycles. The molecule has 0 spiro atoms. The maximum Gasteiger partial charge on any atom is 0.216 e. The Kier molecular flexibility index (Phi) is 5.72. The van der Waals surface area contributed by atoms with Crippen LogP contribution in [-0.2, 0) is 6.42 Å². The Morgan fingerprint density at radius 1 is 1.48 bits per heavy atom. The Bertz CT molecular complexity index is 723. The van der Waals surface area contributed by atoms with Crippen LogP contribution in [0.2, 0.25) is 0 Å².